The Balaban J connectivity index is 1.22. The highest BCUT2D eigenvalue weighted by molar-refractivity contribution is 7.98. The Morgan fingerprint density at radius 3 is 1.70 bits per heavy atom. The number of fused-ring (bicyclic) bond motifs is 11. The van der Waals surface area contributed by atoms with Crippen LogP contribution in [0, 0.1) is 0 Å². The first-order valence-corrected chi connectivity index (χ1v) is 17.8. The summed E-state index contributed by atoms with van der Waals surface area (Å²) in [7, 11) is 0. The van der Waals surface area contributed by atoms with Crippen molar-refractivity contribution in [3.63, 3.8) is 0 Å². The molecule has 6 aliphatic rings. The number of nitrogens with one attached hydrogen (secondary N) is 4. The second-order valence-electron chi connectivity index (χ2n) is 13.7. The monoisotopic (exact) mass is 648 g/mol. The fourth-order valence-electron chi connectivity index (χ4n) is 9.83. The van der Waals surface area contributed by atoms with Crippen molar-refractivity contribution >= 4 is 46.8 Å². The van der Waals surface area contributed by atoms with E-state index >= 15 is 0 Å². The van der Waals surface area contributed by atoms with E-state index in [0.717, 1.165) is 33.8 Å². The topological polar surface area (TPSA) is 123 Å². The molecule has 0 saturated carbocycles. The zero-order chi connectivity index (χ0) is 32.1. The lowest BCUT2D eigenvalue weighted by atomic mass is 9.54. The van der Waals surface area contributed by atoms with Crippen molar-refractivity contribution in [1.29, 1.82) is 0 Å². The molecule has 0 aromatic heterocycles. The Morgan fingerprint density at radius 1 is 0.660 bits per heavy atom. The molecule has 11 heteroatoms. The minimum Gasteiger partial charge on any atom is -0.364 e. The molecule has 0 radical (unpaired) electrons. The molecule has 4 fully saturated rings. The molecule has 6 aliphatic heterocycles. The van der Waals surface area contributed by atoms with Crippen molar-refractivity contribution < 1.29 is 19.2 Å². The van der Waals surface area contributed by atoms with E-state index in [1.165, 1.54) is 0 Å². The number of carbonyl (C=O) groups excluding carboxylic acids is 4. The zero-order valence-corrected chi connectivity index (χ0v) is 26.8. The third kappa shape index (κ3) is 3.69. The quantitative estimate of drug-likeness (QED) is 0.324. The number of hydrogen-bond acceptors (Lipinski definition) is 7. The summed E-state index contributed by atoms with van der Waals surface area (Å²) < 4.78 is 0. The molecular weight excluding hydrogens is 613 g/mol. The van der Waals surface area contributed by atoms with Crippen LogP contribution in [0.15, 0.2) is 78.9 Å². The first-order valence-electron chi connectivity index (χ1n) is 16.4. The molecule has 9 rings (SSSR count). The van der Waals surface area contributed by atoms with E-state index in [9.17, 15) is 19.2 Å². The van der Waals surface area contributed by atoms with Gasteiger partial charge in [-0.05, 0) is 60.1 Å². The summed E-state index contributed by atoms with van der Waals surface area (Å²) >= 11 is 1.65. The molecule has 10 nitrogen and oxygen atoms in total. The number of nitrogens with zero attached hydrogens (tertiary/aromatic N) is 2. The molecular formula is C36H36N6O4S. The van der Waals surface area contributed by atoms with Crippen LogP contribution in [0.25, 0.3) is 0 Å². The van der Waals surface area contributed by atoms with Crippen LogP contribution in [0.3, 0.4) is 0 Å². The molecule has 4 saturated heterocycles. The molecule has 4 amide bonds. The molecule has 2 unspecified atom stereocenters. The maximum absolute atomic E-state index is 14.6. The predicted octanol–water partition coefficient (Wildman–Crippen LogP) is 2.56. The summed E-state index contributed by atoms with van der Waals surface area (Å²) in [4.78, 5) is 60.5. The molecule has 4 N–H and O–H groups in total. The van der Waals surface area contributed by atoms with Crippen LogP contribution in [0.1, 0.15) is 36.0 Å². The Bertz CT molecular complexity index is 1840. The fourth-order valence-corrected chi connectivity index (χ4v) is 10.3. The minimum absolute atomic E-state index is 0.0875. The lowest BCUT2D eigenvalue weighted by Crippen LogP contribution is -2.66. The Kier molecular flexibility index (Phi) is 6.25. The first kappa shape index (κ1) is 28.7. The van der Waals surface area contributed by atoms with Crippen LogP contribution in [0.4, 0.5) is 11.4 Å². The minimum atomic E-state index is -0.833. The van der Waals surface area contributed by atoms with E-state index < -0.39 is 47.3 Å². The van der Waals surface area contributed by atoms with Gasteiger partial charge >= 0.3 is 0 Å². The highest BCUT2D eigenvalue weighted by Crippen LogP contribution is 2.68. The summed E-state index contributed by atoms with van der Waals surface area (Å²) in [6.45, 7) is 0. The third-order valence-corrected chi connectivity index (χ3v) is 12.3. The molecule has 3 aromatic carbocycles. The van der Waals surface area contributed by atoms with Crippen LogP contribution < -0.4 is 21.3 Å². The smallest absolute Gasteiger partial charge is 0.247 e. The largest absolute Gasteiger partial charge is 0.364 e. The van der Waals surface area contributed by atoms with E-state index in [1.807, 2.05) is 73.0 Å². The van der Waals surface area contributed by atoms with Gasteiger partial charge in [0.1, 0.15) is 36.5 Å². The molecule has 47 heavy (non-hydrogen) atoms. The van der Waals surface area contributed by atoms with Crippen LogP contribution >= 0.6 is 11.8 Å². The summed E-state index contributed by atoms with van der Waals surface area (Å²) in [5.74, 6) is 0.214. The fraction of sp³-hybridized carbons (Fsp3) is 0.389. The maximum atomic E-state index is 14.6. The molecule has 240 valence electrons. The highest BCUT2D eigenvalue weighted by atomic mass is 32.2. The lowest BCUT2D eigenvalue weighted by Gasteiger charge is -2.48. The molecule has 3 aromatic rings. The Morgan fingerprint density at radius 2 is 1.15 bits per heavy atom. The average Bonchev–Trinajstić information content (AvgIpc) is 3.79. The van der Waals surface area contributed by atoms with Gasteiger partial charge in [-0.3, -0.25) is 19.2 Å². The lowest BCUT2D eigenvalue weighted by molar-refractivity contribution is -0.149. The van der Waals surface area contributed by atoms with Gasteiger partial charge in [0.15, 0.2) is 0 Å². The maximum Gasteiger partial charge on any atom is 0.247 e. The Hall–Kier alpha value is -4.51. The average molecular weight is 649 g/mol. The standard InChI is InChI=1S/C36H36N6O4S/c1-47-16-15-25-31(45)41-27(29(43)37-25)18-35(21-11-5-7-13-23(21)39-33(35)41)36-19-28-30(44)38-26(17-20-9-3-2-4-10-20)32(46)42(28)34(36)40-24-14-8-6-12-22(24)36/h2-14,25-28,33-34,39-40H,15-19H2,1H3,(H,37,43)(H,38,44)/t25-,26-,27-,28-,33+,34+,35?,36?/m0/s1. The van der Waals surface area contributed by atoms with Crippen molar-refractivity contribution in [3.8, 4) is 0 Å². The van der Waals surface area contributed by atoms with Crippen molar-refractivity contribution in [2.24, 2.45) is 0 Å². The summed E-state index contributed by atoms with van der Waals surface area (Å²) in [6, 6.07) is 23.2. The van der Waals surface area contributed by atoms with E-state index in [4.69, 9.17) is 0 Å². The number of para-hydroxylation sites is 2. The third-order valence-electron chi connectivity index (χ3n) is 11.6. The first-order chi connectivity index (χ1) is 22.9. The molecule has 8 atom stereocenters. The normalized spacial score (nSPS) is 34.3. The van der Waals surface area contributed by atoms with Gasteiger partial charge in [0, 0.05) is 17.8 Å². The van der Waals surface area contributed by atoms with Crippen molar-refractivity contribution in [1.82, 2.24) is 20.4 Å². The van der Waals surface area contributed by atoms with E-state index in [2.05, 4.69) is 33.4 Å². The van der Waals surface area contributed by atoms with Crippen LogP contribution in [-0.2, 0) is 36.4 Å². The van der Waals surface area contributed by atoms with Gasteiger partial charge in [-0.2, -0.15) is 11.8 Å². The van der Waals surface area contributed by atoms with Gasteiger partial charge < -0.3 is 31.1 Å². The van der Waals surface area contributed by atoms with Gasteiger partial charge in [0.05, 0.1) is 10.8 Å². The number of anilines is 2. The van der Waals surface area contributed by atoms with Gasteiger partial charge in [0.2, 0.25) is 23.6 Å². The van der Waals surface area contributed by atoms with E-state index in [0.29, 0.717) is 25.7 Å². The molecule has 0 aliphatic carbocycles. The number of carbonyl (C=O) groups is 4. The number of benzene rings is 3. The number of thioether (sulfide) groups is 1. The summed E-state index contributed by atoms with van der Waals surface area (Å²) in [5.41, 5.74) is 3.15. The highest BCUT2D eigenvalue weighted by Gasteiger charge is 2.78. The molecule has 0 spiro atoms. The summed E-state index contributed by atoms with van der Waals surface area (Å²) in [5, 5.41) is 13.5. The zero-order valence-electron chi connectivity index (χ0n) is 25.9. The van der Waals surface area contributed by atoms with Gasteiger partial charge in [-0.25, -0.2) is 0 Å². The van der Waals surface area contributed by atoms with Crippen molar-refractivity contribution in [2.75, 3.05) is 22.6 Å². The van der Waals surface area contributed by atoms with Gasteiger partial charge in [-0.1, -0.05) is 66.7 Å². The molecule has 6 heterocycles. The number of amides is 4. The summed E-state index contributed by atoms with van der Waals surface area (Å²) in [6.07, 6.45) is 2.54. The van der Waals surface area contributed by atoms with Gasteiger partial charge in [-0.15, -0.1) is 0 Å². The van der Waals surface area contributed by atoms with E-state index in [-0.39, 0.29) is 23.6 Å². The number of hydrogen-bond donors (Lipinski definition) is 4. The van der Waals surface area contributed by atoms with Crippen molar-refractivity contribution in [2.45, 2.75) is 73.0 Å². The second kappa shape index (κ2) is 10.2. The Labute approximate surface area is 277 Å². The predicted molar refractivity (Wildman–Crippen MR) is 179 cm³/mol. The van der Waals surface area contributed by atoms with Crippen molar-refractivity contribution in [3.05, 3.63) is 95.6 Å². The molecule has 0 bridgehead atoms. The second-order valence-corrected chi connectivity index (χ2v) is 14.6. The van der Waals surface area contributed by atoms with Crippen LogP contribution in [-0.4, -0.2) is 81.9 Å². The van der Waals surface area contributed by atoms with Gasteiger partial charge in [0.25, 0.3) is 0 Å². The van der Waals surface area contributed by atoms with E-state index in [1.54, 1.807) is 21.6 Å². The number of piperazine rings is 2. The van der Waals surface area contributed by atoms with Crippen LogP contribution in [0.2, 0.25) is 0 Å². The number of rotatable bonds is 6. The SMILES string of the molecule is CSCC[C@@H]1NC(=O)[C@@H]2CC3(C45C[C@H]6C(=O)N[C@@H](Cc7ccccc7)C(=O)N6[C@H]4Nc4ccccc45)c4ccccc4N[C@@H]3N2C1=O. The van der Waals surface area contributed by atoms with Crippen LogP contribution in [0.5, 0.6) is 0 Å².